The summed E-state index contributed by atoms with van der Waals surface area (Å²) < 4.78 is 12.6. The van der Waals surface area contributed by atoms with Crippen molar-refractivity contribution in [3.63, 3.8) is 0 Å². The van der Waals surface area contributed by atoms with Gasteiger partial charge < -0.3 is 14.8 Å². The number of nitrogens with one attached hydrogen (secondary N) is 2. The Morgan fingerprint density at radius 1 is 1.00 bits per heavy atom. The topological polar surface area (TPSA) is 76.7 Å². The summed E-state index contributed by atoms with van der Waals surface area (Å²) in [5.41, 5.74) is 1.42. The van der Waals surface area contributed by atoms with Gasteiger partial charge in [-0.15, -0.1) is 0 Å². The van der Waals surface area contributed by atoms with Gasteiger partial charge in [0.2, 0.25) is 0 Å². The molecule has 1 aromatic rings. The highest BCUT2D eigenvalue weighted by atomic mass is 79.9. The van der Waals surface area contributed by atoms with Gasteiger partial charge in [-0.25, -0.2) is 4.79 Å². The first-order valence-electron chi connectivity index (χ1n) is 8.48. The average molecular weight is 405 g/mol. The molecule has 130 valence electrons. The molecular weight excluding hydrogens is 388 g/mol. The number of urea groups is 1. The molecule has 0 unspecified atom stereocenters. The molecule has 2 aliphatic heterocycles. The van der Waals surface area contributed by atoms with Crippen molar-refractivity contribution >= 4 is 33.9 Å². The van der Waals surface area contributed by atoms with Gasteiger partial charge in [0.1, 0.15) is 18.8 Å². The highest BCUT2D eigenvalue weighted by Crippen LogP contribution is 2.56. The summed E-state index contributed by atoms with van der Waals surface area (Å²) in [5, 5.41) is 5.21. The molecule has 2 fully saturated rings. The van der Waals surface area contributed by atoms with E-state index in [4.69, 9.17) is 9.47 Å². The Labute approximate surface area is 153 Å². The molecule has 4 aliphatic rings. The normalized spacial score (nSPS) is 32.4. The minimum atomic E-state index is -0.758. The molecule has 1 aromatic carbocycles. The van der Waals surface area contributed by atoms with Crippen LogP contribution in [0.4, 0.5) is 4.79 Å². The predicted molar refractivity (Wildman–Crippen MR) is 93.9 cm³/mol. The first-order valence-corrected chi connectivity index (χ1v) is 9.27. The molecule has 6 nitrogen and oxygen atoms in total. The van der Waals surface area contributed by atoms with E-state index < -0.39 is 5.54 Å². The first kappa shape index (κ1) is 15.3. The van der Waals surface area contributed by atoms with Crippen molar-refractivity contribution in [1.29, 1.82) is 0 Å². The number of imide groups is 1. The van der Waals surface area contributed by atoms with Gasteiger partial charge in [-0.3, -0.25) is 10.1 Å². The molecule has 7 heteroatoms. The van der Waals surface area contributed by atoms with Crippen LogP contribution in [0.25, 0.3) is 6.08 Å². The van der Waals surface area contributed by atoms with Crippen LogP contribution in [-0.2, 0) is 10.2 Å². The van der Waals surface area contributed by atoms with E-state index in [-0.39, 0.29) is 17.4 Å². The smallest absolute Gasteiger partial charge is 0.322 e. The van der Waals surface area contributed by atoms with Crippen LogP contribution in [0.15, 0.2) is 16.6 Å². The molecule has 3 amide bonds. The van der Waals surface area contributed by atoms with E-state index in [1.54, 1.807) is 0 Å². The molecule has 0 aromatic heterocycles. The predicted octanol–water partition coefficient (Wildman–Crippen LogP) is 2.60. The molecule has 2 aliphatic carbocycles. The van der Waals surface area contributed by atoms with Gasteiger partial charge in [0.05, 0.1) is 0 Å². The maximum atomic E-state index is 12.2. The average Bonchev–Trinajstić information content (AvgIpc) is 3.02. The van der Waals surface area contributed by atoms with Gasteiger partial charge in [0.25, 0.3) is 5.91 Å². The van der Waals surface area contributed by atoms with Gasteiger partial charge >= 0.3 is 6.03 Å². The number of hydrogen-bond donors (Lipinski definition) is 2. The Morgan fingerprint density at radius 2 is 1.68 bits per heavy atom. The van der Waals surface area contributed by atoms with Crippen molar-refractivity contribution in [2.45, 2.75) is 36.6 Å². The molecule has 2 N–H and O–H groups in total. The molecule has 0 radical (unpaired) electrons. The molecule has 2 spiro atoms. The van der Waals surface area contributed by atoms with E-state index in [1.165, 1.54) is 5.56 Å². The standard InChI is InChI=1S/C18H17BrN2O4/c19-14-8-10-7-12-13(25-6-5-24-12)9-11(10)17(14)1-3-18(4-2-17)15(22)20-16(23)21-18/h7-9H,1-6H2,(H2,20,21,22,23). The number of ether oxygens (including phenoxy) is 2. The van der Waals surface area contributed by atoms with Crippen molar-refractivity contribution in [3.05, 3.63) is 27.7 Å². The summed E-state index contributed by atoms with van der Waals surface area (Å²) in [7, 11) is 0. The second kappa shape index (κ2) is 5.00. The lowest BCUT2D eigenvalue weighted by molar-refractivity contribution is -0.125. The number of fused-ring (bicyclic) bond motifs is 3. The molecule has 0 bridgehead atoms. The van der Waals surface area contributed by atoms with Crippen molar-refractivity contribution in [3.8, 4) is 11.5 Å². The minimum Gasteiger partial charge on any atom is -0.486 e. The minimum absolute atomic E-state index is 0.163. The van der Waals surface area contributed by atoms with Gasteiger partial charge in [0.15, 0.2) is 11.5 Å². The van der Waals surface area contributed by atoms with Crippen LogP contribution in [0.5, 0.6) is 11.5 Å². The summed E-state index contributed by atoms with van der Waals surface area (Å²) in [6.07, 6.45) is 4.93. The van der Waals surface area contributed by atoms with E-state index in [9.17, 15) is 9.59 Å². The summed E-state index contributed by atoms with van der Waals surface area (Å²) in [6.45, 7) is 1.13. The fourth-order valence-electron chi connectivity index (χ4n) is 4.53. The van der Waals surface area contributed by atoms with E-state index in [2.05, 4.69) is 38.7 Å². The molecule has 2 heterocycles. The Bertz CT molecular complexity index is 840. The summed E-state index contributed by atoms with van der Waals surface area (Å²) in [6, 6.07) is 3.73. The van der Waals surface area contributed by atoms with Crippen LogP contribution < -0.4 is 20.1 Å². The lowest BCUT2D eigenvalue weighted by atomic mass is 9.65. The zero-order valence-corrected chi connectivity index (χ0v) is 15.1. The maximum Gasteiger partial charge on any atom is 0.322 e. The number of rotatable bonds is 0. The third-order valence-corrected chi connectivity index (χ3v) is 6.93. The monoisotopic (exact) mass is 404 g/mol. The van der Waals surface area contributed by atoms with Crippen molar-refractivity contribution in [2.75, 3.05) is 13.2 Å². The van der Waals surface area contributed by atoms with Crippen LogP contribution in [-0.4, -0.2) is 30.7 Å². The zero-order valence-electron chi connectivity index (χ0n) is 13.5. The summed E-state index contributed by atoms with van der Waals surface area (Å²) >= 11 is 3.76. The van der Waals surface area contributed by atoms with Crippen molar-refractivity contribution in [2.24, 2.45) is 0 Å². The number of allylic oxidation sites excluding steroid dienone is 1. The number of carbonyl (C=O) groups is 2. The number of amides is 3. The van der Waals surface area contributed by atoms with Gasteiger partial charge in [-0.2, -0.15) is 0 Å². The van der Waals surface area contributed by atoms with Crippen LogP contribution in [0.1, 0.15) is 36.8 Å². The fourth-order valence-corrected chi connectivity index (χ4v) is 5.39. The zero-order chi connectivity index (χ0) is 17.2. The van der Waals surface area contributed by atoms with E-state index >= 15 is 0 Å². The van der Waals surface area contributed by atoms with Crippen LogP contribution in [0.3, 0.4) is 0 Å². The van der Waals surface area contributed by atoms with Crippen LogP contribution >= 0.6 is 15.9 Å². The van der Waals surface area contributed by atoms with E-state index in [1.807, 2.05) is 6.07 Å². The van der Waals surface area contributed by atoms with Gasteiger partial charge in [-0.1, -0.05) is 15.9 Å². The fraction of sp³-hybridized carbons (Fsp3) is 0.444. The number of carbonyl (C=O) groups excluding carboxylic acids is 2. The Morgan fingerprint density at radius 3 is 2.32 bits per heavy atom. The number of benzene rings is 1. The molecule has 1 saturated heterocycles. The number of hydrogen-bond acceptors (Lipinski definition) is 4. The lowest BCUT2D eigenvalue weighted by Crippen LogP contribution is -2.52. The Balaban J connectivity index is 1.51. The summed E-state index contributed by atoms with van der Waals surface area (Å²) in [4.78, 5) is 23.8. The lowest BCUT2D eigenvalue weighted by Gasteiger charge is -2.42. The van der Waals surface area contributed by atoms with Gasteiger partial charge in [-0.05, 0) is 55.0 Å². The third kappa shape index (κ3) is 2.02. The maximum absolute atomic E-state index is 12.2. The summed E-state index contributed by atoms with van der Waals surface area (Å²) in [5.74, 6) is 1.37. The van der Waals surface area contributed by atoms with E-state index in [0.29, 0.717) is 26.1 Å². The van der Waals surface area contributed by atoms with Crippen molar-refractivity contribution in [1.82, 2.24) is 10.6 Å². The quantitative estimate of drug-likeness (QED) is 0.651. The molecule has 25 heavy (non-hydrogen) atoms. The highest BCUT2D eigenvalue weighted by molar-refractivity contribution is 9.11. The second-order valence-corrected chi connectivity index (χ2v) is 8.00. The molecule has 0 atom stereocenters. The van der Waals surface area contributed by atoms with Crippen molar-refractivity contribution < 1.29 is 19.1 Å². The Hall–Kier alpha value is -2.02. The largest absolute Gasteiger partial charge is 0.486 e. The molecular formula is C18H17BrN2O4. The highest BCUT2D eigenvalue weighted by Gasteiger charge is 2.54. The first-order chi connectivity index (χ1) is 12.0. The van der Waals surface area contributed by atoms with Crippen LogP contribution in [0.2, 0.25) is 0 Å². The molecule has 5 rings (SSSR count). The number of halogens is 1. The third-order valence-electron chi connectivity index (χ3n) is 5.94. The van der Waals surface area contributed by atoms with Crippen LogP contribution in [0, 0.1) is 0 Å². The Kier molecular flexibility index (Phi) is 3.05. The SMILES string of the molecule is O=C1NC(=O)C2(CCC3(CC2)C(Br)=Cc2cc4c(cc23)OCCO4)N1. The van der Waals surface area contributed by atoms with E-state index in [0.717, 1.165) is 34.4 Å². The van der Waals surface area contributed by atoms with Gasteiger partial charge in [0, 0.05) is 9.90 Å². The second-order valence-electron chi connectivity index (χ2n) is 7.15. The molecule has 1 saturated carbocycles.